The van der Waals surface area contributed by atoms with Crippen LogP contribution in [0.3, 0.4) is 0 Å². The lowest BCUT2D eigenvalue weighted by atomic mass is 10.00. The molecule has 0 N–H and O–H groups in total. The van der Waals surface area contributed by atoms with E-state index in [-0.39, 0.29) is 0 Å². The third-order valence-electron chi connectivity index (χ3n) is 5.11. The second-order valence-electron chi connectivity index (χ2n) is 6.91. The number of hydrogen-bond donors (Lipinski definition) is 0. The monoisotopic (exact) mass is 365 g/mol. The van der Waals surface area contributed by atoms with Crippen LogP contribution in [0.15, 0.2) is 43.0 Å². The van der Waals surface area contributed by atoms with Crippen molar-refractivity contribution in [3.8, 4) is 5.69 Å². The van der Waals surface area contributed by atoms with Gasteiger partial charge in [0.2, 0.25) is 0 Å². The number of nitrogens with zero attached hydrogens (tertiary/aromatic N) is 1. The zero-order valence-electron chi connectivity index (χ0n) is 15.3. The van der Waals surface area contributed by atoms with E-state index in [4.69, 9.17) is 0 Å². The van der Waals surface area contributed by atoms with Crippen molar-refractivity contribution in [2.75, 3.05) is 0 Å². The Labute approximate surface area is 155 Å². The predicted molar refractivity (Wildman–Crippen MR) is 105 cm³/mol. The van der Waals surface area contributed by atoms with Gasteiger partial charge in [0.15, 0.2) is 0 Å². The Morgan fingerprint density at radius 3 is 2.30 bits per heavy atom. The molecule has 0 aliphatic carbocycles. The van der Waals surface area contributed by atoms with Gasteiger partial charge in [-0.1, -0.05) is 18.7 Å². The van der Waals surface area contributed by atoms with E-state index in [2.05, 4.69) is 6.58 Å². The Bertz CT molecular complexity index is 1250. The molecule has 0 saturated carbocycles. The molecule has 0 spiro atoms. The third-order valence-corrected chi connectivity index (χ3v) is 5.11. The van der Waals surface area contributed by atoms with Crippen LogP contribution in [-0.2, 0) is 0 Å². The molecule has 27 heavy (non-hydrogen) atoms. The van der Waals surface area contributed by atoms with Crippen molar-refractivity contribution in [3.63, 3.8) is 0 Å². The molecular formula is C23H18F3N. The molecule has 0 atom stereocenters. The molecule has 4 heteroatoms. The predicted octanol–water partition coefficient (Wildman–Crippen LogP) is 6.77. The number of rotatable bonds is 2. The van der Waals surface area contributed by atoms with Crippen LogP contribution in [0.4, 0.5) is 13.2 Å². The van der Waals surface area contributed by atoms with E-state index in [1.807, 2.05) is 6.07 Å². The Morgan fingerprint density at radius 2 is 1.63 bits per heavy atom. The minimum absolute atomic E-state index is 0.298. The summed E-state index contributed by atoms with van der Waals surface area (Å²) in [6.45, 7) is 8.95. The third kappa shape index (κ3) is 2.47. The highest BCUT2D eigenvalue weighted by molar-refractivity contribution is 6.13. The van der Waals surface area contributed by atoms with E-state index < -0.39 is 17.5 Å². The Hall–Kier alpha value is -3.01. The Kier molecular flexibility index (Phi) is 3.88. The molecule has 0 bridgehead atoms. The van der Waals surface area contributed by atoms with Crippen molar-refractivity contribution in [2.45, 2.75) is 20.8 Å². The van der Waals surface area contributed by atoms with Gasteiger partial charge in [-0.15, -0.1) is 0 Å². The van der Waals surface area contributed by atoms with Gasteiger partial charge >= 0.3 is 0 Å². The van der Waals surface area contributed by atoms with E-state index in [0.717, 1.165) is 5.56 Å². The first-order chi connectivity index (χ1) is 12.8. The SMILES string of the molecule is C=Cc1c(C)c(F)cc2c1c1cc(C)cc(F)c1n2-c1ccc(C)c(F)c1. The lowest BCUT2D eigenvalue weighted by Gasteiger charge is -2.11. The van der Waals surface area contributed by atoms with Crippen LogP contribution < -0.4 is 0 Å². The van der Waals surface area contributed by atoms with Gasteiger partial charge in [-0.3, -0.25) is 0 Å². The fraction of sp³-hybridized carbons (Fsp3) is 0.130. The smallest absolute Gasteiger partial charge is 0.148 e. The van der Waals surface area contributed by atoms with Gasteiger partial charge in [0, 0.05) is 16.5 Å². The van der Waals surface area contributed by atoms with Crippen LogP contribution in [-0.4, -0.2) is 4.57 Å². The number of hydrogen-bond acceptors (Lipinski definition) is 0. The number of benzene rings is 3. The zero-order valence-corrected chi connectivity index (χ0v) is 15.3. The van der Waals surface area contributed by atoms with Crippen molar-refractivity contribution in [1.29, 1.82) is 0 Å². The fourth-order valence-corrected chi connectivity index (χ4v) is 3.73. The molecule has 0 unspecified atom stereocenters. The van der Waals surface area contributed by atoms with Crippen LogP contribution in [0.25, 0.3) is 33.6 Å². The molecule has 0 radical (unpaired) electrons. The Morgan fingerprint density at radius 1 is 0.889 bits per heavy atom. The first-order valence-corrected chi connectivity index (χ1v) is 8.65. The van der Waals surface area contributed by atoms with Gasteiger partial charge in [0.25, 0.3) is 0 Å². The second kappa shape index (κ2) is 6.02. The summed E-state index contributed by atoms with van der Waals surface area (Å²) in [6.07, 6.45) is 1.58. The van der Waals surface area contributed by atoms with Crippen molar-refractivity contribution in [1.82, 2.24) is 4.57 Å². The van der Waals surface area contributed by atoms with Crippen molar-refractivity contribution >= 4 is 27.9 Å². The van der Waals surface area contributed by atoms with Gasteiger partial charge < -0.3 is 4.57 Å². The summed E-state index contributed by atoms with van der Waals surface area (Å²) in [5, 5.41) is 1.36. The number of aromatic nitrogens is 1. The summed E-state index contributed by atoms with van der Waals surface area (Å²) in [6, 6.07) is 9.36. The number of aryl methyl sites for hydroxylation is 2. The second-order valence-corrected chi connectivity index (χ2v) is 6.91. The Balaban J connectivity index is 2.31. The molecule has 4 rings (SSSR count). The van der Waals surface area contributed by atoms with Gasteiger partial charge in [-0.25, -0.2) is 13.2 Å². The molecule has 0 aliphatic heterocycles. The van der Waals surface area contributed by atoms with Crippen LogP contribution >= 0.6 is 0 Å². The number of fused-ring (bicyclic) bond motifs is 3. The van der Waals surface area contributed by atoms with Crippen LogP contribution in [0.2, 0.25) is 0 Å². The van der Waals surface area contributed by atoms with E-state index in [1.165, 1.54) is 18.2 Å². The minimum Gasteiger partial charge on any atom is -0.306 e. The molecule has 0 fully saturated rings. The van der Waals surface area contributed by atoms with Crippen molar-refractivity contribution in [2.24, 2.45) is 0 Å². The molecule has 0 amide bonds. The zero-order chi connectivity index (χ0) is 19.5. The molecule has 136 valence electrons. The van der Waals surface area contributed by atoms with Crippen LogP contribution in [0.5, 0.6) is 0 Å². The van der Waals surface area contributed by atoms with Crippen LogP contribution in [0, 0.1) is 38.2 Å². The first-order valence-electron chi connectivity index (χ1n) is 8.65. The van der Waals surface area contributed by atoms with Crippen LogP contribution in [0.1, 0.15) is 22.3 Å². The van der Waals surface area contributed by atoms with E-state index >= 15 is 4.39 Å². The standard InChI is InChI=1S/C23H18F3N/c1-5-16-14(4)19(25)11-21-22(16)17-8-12(2)9-20(26)23(17)27(21)15-7-6-13(3)18(24)10-15/h5-11H,1H2,2-4H3. The molecule has 0 saturated heterocycles. The quantitative estimate of drug-likeness (QED) is 0.369. The van der Waals surface area contributed by atoms with Gasteiger partial charge in [-0.05, 0) is 73.4 Å². The maximum absolute atomic E-state index is 15.0. The van der Waals surface area contributed by atoms with Crippen molar-refractivity contribution < 1.29 is 13.2 Å². The van der Waals surface area contributed by atoms with Crippen molar-refractivity contribution in [3.05, 3.63) is 82.7 Å². The summed E-state index contributed by atoms with van der Waals surface area (Å²) < 4.78 is 45.4. The molecule has 0 aliphatic rings. The van der Waals surface area contributed by atoms with E-state index in [1.54, 1.807) is 43.5 Å². The highest BCUT2D eigenvalue weighted by atomic mass is 19.1. The van der Waals surface area contributed by atoms with Gasteiger partial charge in [0.05, 0.1) is 11.0 Å². The lowest BCUT2D eigenvalue weighted by Crippen LogP contribution is -1.98. The summed E-state index contributed by atoms with van der Waals surface area (Å²) in [5.41, 5.74) is 3.54. The normalized spacial score (nSPS) is 11.5. The highest BCUT2D eigenvalue weighted by Crippen LogP contribution is 2.38. The minimum atomic E-state index is -0.435. The largest absolute Gasteiger partial charge is 0.306 e. The molecule has 1 heterocycles. The van der Waals surface area contributed by atoms with Gasteiger partial charge in [0.1, 0.15) is 17.5 Å². The summed E-state index contributed by atoms with van der Waals surface area (Å²) in [4.78, 5) is 0. The molecule has 1 aromatic heterocycles. The fourth-order valence-electron chi connectivity index (χ4n) is 3.73. The maximum atomic E-state index is 15.0. The van der Waals surface area contributed by atoms with E-state index in [0.29, 0.717) is 44.2 Å². The van der Waals surface area contributed by atoms with Gasteiger partial charge in [-0.2, -0.15) is 0 Å². The summed E-state index contributed by atoms with van der Waals surface area (Å²) in [7, 11) is 0. The average molecular weight is 365 g/mol. The summed E-state index contributed by atoms with van der Waals surface area (Å²) in [5.74, 6) is -1.24. The summed E-state index contributed by atoms with van der Waals surface area (Å²) >= 11 is 0. The highest BCUT2D eigenvalue weighted by Gasteiger charge is 2.21. The molecule has 4 aromatic rings. The molecular weight excluding hydrogens is 347 g/mol. The average Bonchev–Trinajstić information content (AvgIpc) is 2.92. The lowest BCUT2D eigenvalue weighted by molar-refractivity contribution is 0.616. The molecule has 1 nitrogen and oxygen atoms in total. The maximum Gasteiger partial charge on any atom is 0.148 e. The van der Waals surface area contributed by atoms with E-state index in [9.17, 15) is 8.78 Å². The topological polar surface area (TPSA) is 4.93 Å². The number of halogens is 3. The first kappa shape index (κ1) is 17.4. The molecule has 3 aromatic carbocycles.